The summed E-state index contributed by atoms with van der Waals surface area (Å²) < 4.78 is 4.74. The first-order chi connectivity index (χ1) is 6.63. The van der Waals surface area contributed by atoms with E-state index in [9.17, 15) is 10.1 Å². The maximum atomic E-state index is 10.2. The fraction of sp³-hybridized carbons (Fsp3) is 0. The van der Waals surface area contributed by atoms with Crippen molar-refractivity contribution in [3.63, 3.8) is 0 Å². The molecule has 4 N–H and O–H groups in total. The molecule has 0 aromatic carbocycles. The number of furan rings is 1. The van der Waals surface area contributed by atoms with E-state index in [1.165, 1.54) is 18.3 Å². The zero-order chi connectivity index (χ0) is 10.6. The van der Waals surface area contributed by atoms with Crippen LogP contribution in [0, 0.1) is 10.1 Å². The van der Waals surface area contributed by atoms with Gasteiger partial charge in [0, 0.05) is 0 Å². The molecule has 0 aliphatic rings. The first-order valence-corrected chi connectivity index (χ1v) is 3.45. The quantitative estimate of drug-likeness (QED) is 0.248. The lowest BCUT2D eigenvalue weighted by Crippen LogP contribution is -2.10. The van der Waals surface area contributed by atoms with E-state index in [1.54, 1.807) is 0 Å². The van der Waals surface area contributed by atoms with Crippen molar-refractivity contribution in [1.29, 1.82) is 0 Å². The van der Waals surface area contributed by atoms with Crippen LogP contribution in [0.5, 0.6) is 0 Å². The fourth-order valence-corrected chi connectivity index (χ4v) is 0.673. The number of rotatable bonds is 2. The van der Waals surface area contributed by atoms with E-state index < -0.39 is 4.92 Å². The zero-order valence-electron chi connectivity index (χ0n) is 7.36. The van der Waals surface area contributed by atoms with Crippen LogP contribution in [0.4, 0.5) is 5.88 Å². The Bertz CT molecular complexity index is 399. The van der Waals surface area contributed by atoms with Gasteiger partial charge in [0.2, 0.25) is 5.96 Å². The van der Waals surface area contributed by atoms with Gasteiger partial charge in [0.25, 0.3) is 0 Å². The molecule has 0 aliphatic heterocycles. The number of nitrogens with two attached hydrogens (primary N) is 2. The number of halogens is 1. The normalized spacial score (nSPS) is 11.3. The van der Waals surface area contributed by atoms with Gasteiger partial charge in [0.15, 0.2) is 5.76 Å². The SMILES string of the molecule is Cl.NN=C(N)N=Cc1ccc([N+](=O)[O-])o1. The van der Waals surface area contributed by atoms with Gasteiger partial charge in [0.1, 0.15) is 4.92 Å². The maximum absolute atomic E-state index is 10.2. The summed E-state index contributed by atoms with van der Waals surface area (Å²) in [6.45, 7) is 0. The summed E-state index contributed by atoms with van der Waals surface area (Å²) in [6.07, 6.45) is 1.18. The fourth-order valence-electron chi connectivity index (χ4n) is 0.673. The number of hydrogen-bond donors (Lipinski definition) is 2. The van der Waals surface area contributed by atoms with E-state index in [4.69, 9.17) is 16.0 Å². The predicted molar refractivity (Wildman–Crippen MR) is 56.0 cm³/mol. The number of guanidine groups is 1. The summed E-state index contributed by atoms with van der Waals surface area (Å²) in [5, 5.41) is 13.3. The van der Waals surface area contributed by atoms with Crippen LogP contribution in [0.25, 0.3) is 0 Å². The lowest BCUT2D eigenvalue weighted by Gasteiger charge is -1.85. The molecule has 0 unspecified atom stereocenters. The van der Waals surface area contributed by atoms with E-state index in [1.807, 2.05) is 0 Å². The van der Waals surface area contributed by atoms with Crippen LogP contribution in [0.15, 0.2) is 26.6 Å². The van der Waals surface area contributed by atoms with Crippen molar-refractivity contribution in [3.05, 3.63) is 28.0 Å². The Kier molecular flexibility index (Phi) is 4.82. The molecule has 0 bridgehead atoms. The third kappa shape index (κ3) is 3.65. The third-order valence-electron chi connectivity index (χ3n) is 1.25. The van der Waals surface area contributed by atoms with Crippen molar-refractivity contribution < 1.29 is 9.34 Å². The Labute approximate surface area is 90.2 Å². The predicted octanol–water partition coefficient (Wildman–Crippen LogP) is 0.217. The Morgan fingerprint density at radius 1 is 1.60 bits per heavy atom. The van der Waals surface area contributed by atoms with Crippen molar-refractivity contribution in [2.45, 2.75) is 0 Å². The first-order valence-electron chi connectivity index (χ1n) is 3.45. The van der Waals surface area contributed by atoms with Gasteiger partial charge >= 0.3 is 5.88 Å². The molecule has 0 aliphatic carbocycles. The molecule has 82 valence electrons. The molecule has 0 fully saturated rings. The average molecular weight is 234 g/mol. The molecule has 0 saturated carbocycles. The average Bonchev–Trinajstić information content (AvgIpc) is 2.62. The Balaban J connectivity index is 0.00000196. The van der Waals surface area contributed by atoms with E-state index in [-0.39, 0.29) is 30.0 Å². The molecule has 0 spiro atoms. The molecule has 0 radical (unpaired) electrons. The lowest BCUT2D eigenvalue weighted by atomic mass is 10.5. The summed E-state index contributed by atoms with van der Waals surface area (Å²) in [5.74, 6) is 4.48. The second-order valence-corrected chi connectivity index (χ2v) is 2.18. The first kappa shape index (κ1) is 12.9. The summed E-state index contributed by atoms with van der Waals surface area (Å²) in [4.78, 5) is 13.1. The highest BCUT2D eigenvalue weighted by Crippen LogP contribution is 2.13. The van der Waals surface area contributed by atoms with Gasteiger partial charge in [-0.2, -0.15) is 0 Å². The number of nitrogens with zero attached hydrogens (tertiary/aromatic N) is 3. The molecule has 8 nitrogen and oxygen atoms in total. The molecule has 1 aromatic rings. The summed E-state index contributed by atoms with van der Waals surface area (Å²) in [7, 11) is 0. The highest BCUT2D eigenvalue weighted by Gasteiger charge is 2.09. The Morgan fingerprint density at radius 2 is 2.27 bits per heavy atom. The van der Waals surface area contributed by atoms with Crippen molar-refractivity contribution in [1.82, 2.24) is 0 Å². The molecule has 0 amide bonds. The van der Waals surface area contributed by atoms with Crippen LogP contribution in [0.2, 0.25) is 0 Å². The second-order valence-electron chi connectivity index (χ2n) is 2.18. The molecule has 1 heterocycles. The van der Waals surface area contributed by atoms with Crippen molar-refractivity contribution >= 4 is 30.5 Å². The van der Waals surface area contributed by atoms with Crippen molar-refractivity contribution in [3.8, 4) is 0 Å². The molecular formula is C6H8ClN5O3. The van der Waals surface area contributed by atoms with Gasteiger partial charge in [-0.3, -0.25) is 10.1 Å². The number of aliphatic imine (C=N–C) groups is 1. The Hall–Kier alpha value is -2.09. The molecule has 1 aromatic heterocycles. The Morgan fingerprint density at radius 3 is 2.73 bits per heavy atom. The summed E-state index contributed by atoms with van der Waals surface area (Å²) >= 11 is 0. The smallest absolute Gasteiger partial charge is 0.400 e. The minimum atomic E-state index is -0.655. The van der Waals surface area contributed by atoms with Gasteiger partial charge in [0.05, 0.1) is 12.3 Å². The van der Waals surface area contributed by atoms with E-state index >= 15 is 0 Å². The number of hydrazone groups is 1. The van der Waals surface area contributed by atoms with Crippen LogP contribution in [-0.4, -0.2) is 17.1 Å². The van der Waals surface area contributed by atoms with Crippen LogP contribution in [0.1, 0.15) is 5.76 Å². The third-order valence-corrected chi connectivity index (χ3v) is 1.25. The van der Waals surface area contributed by atoms with Gasteiger partial charge < -0.3 is 16.0 Å². The highest BCUT2D eigenvalue weighted by atomic mass is 35.5. The standard InChI is InChI=1S/C6H7N5O3.ClH/c7-6(10-8)9-3-4-1-2-5(14-4)11(12)13;/h1-3H,8H2,(H2,7,10);1H. The minimum Gasteiger partial charge on any atom is -0.400 e. The van der Waals surface area contributed by atoms with E-state index in [0.29, 0.717) is 0 Å². The van der Waals surface area contributed by atoms with Crippen molar-refractivity contribution in [2.75, 3.05) is 0 Å². The molecule has 9 heteroatoms. The van der Waals surface area contributed by atoms with Crippen LogP contribution in [0.3, 0.4) is 0 Å². The summed E-state index contributed by atoms with van der Waals surface area (Å²) in [6, 6.07) is 2.59. The maximum Gasteiger partial charge on any atom is 0.433 e. The molecular weight excluding hydrogens is 226 g/mol. The molecule has 1 rings (SSSR count). The monoisotopic (exact) mass is 233 g/mol. The van der Waals surface area contributed by atoms with E-state index in [0.717, 1.165) is 0 Å². The topological polar surface area (TPSA) is 133 Å². The second kappa shape index (κ2) is 5.60. The largest absolute Gasteiger partial charge is 0.433 e. The van der Waals surface area contributed by atoms with E-state index in [2.05, 4.69) is 10.1 Å². The summed E-state index contributed by atoms with van der Waals surface area (Å²) in [5.41, 5.74) is 5.14. The van der Waals surface area contributed by atoms with Gasteiger partial charge in [-0.25, -0.2) is 4.99 Å². The van der Waals surface area contributed by atoms with Crippen molar-refractivity contribution in [2.24, 2.45) is 21.7 Å². The highest BCUT2D eigenvalue weighted by molar-refractivity contribution is 5.91. The van der Waals surface area contributed by atoms with Gasteiger partial charge in [-0.15, -0.1) is 17.5 Å². The molecule has 0 atom stereocenters. The zero-order valence-corrected chi connectivity index (χ0v) is 8.18. The number of nitro groups is 1. The van der Waals surface area contributed by atoms with Crippen LogP contribution >= 0.6 is 12.4 Å². The number of hydrogen-bond acceptors (Lipinski definition) is 5. The van der Waals surface area contributed by atoms with Gasteiger partial charge in [-0.1, -0.05) is 0 Å². The minimum absolute atomic E-state index is 0. The lowest BCUT2D eigenvalue weighted by molar-refractivity contribution is -0.402. The molecule has 0 saturated heterocycles. The molecule has 15 heavy (non-hydrogen) atoms. The van der Waals surface area contributed by atoms with Gasteiger partial charge in [-0.05, 0) is 6.07 Å². The van der Waals surface area contributed by atoms with Crippen LogP contribution < -0.4 is 11.6 Å². The van der Waals surface area contributed by atoms with Crippen LogP contribution in [-0.2, 0) is 0 Å².